The minimum atomic E-state index is -0.498. The molecule has 0 aliphatic heterocycles. The summed E-state index contributed by atoms with van der Waals surface area (Å²) in [6.07, 6.45) is 0. The summed E-state index contributed by atoms with van der Waals surface area (Å²) in [7, 11) is 0. The predicted octanol–water partition coefficient (Wildman–Crippen LogP) is 4.10. The van der Waals surface area contributed by atoms with E-state index in [0.717, 1.165) is 0 Å². The lowest BCUT2D eigenvalue weighted by Gasteiger charge is -2.11. The Morgan fingerprint density at radius 3 is 2.55 bits per heavy atom. The Balaban J connectivity index is 1.93. The number of anilines is 1. The van der Waals surface area contributed by atoms with Gasteiger partial charge in [-0.2, -0.15) is 0 Å². The zero-order chi connectivity index (χ0) is 14.5. The third-order valence-corrected chi connectivity index (χ3v) is 3.11. The number of rotatable bonds is 3. The first-order valence-corrected chi connectivity index (χ1v) is 6.58. The van der Waals surface area contributed by atoms with Crippen molar-refractivity contribution in [1.29, 1.82) is 0 Å². The van der Waals surface area contributed by atoms with Crippen molar-refractivity contribution in [2.45, 2.75) is 6.54 Å². The highest BCUT2D eigenvalue weighted by Crippen LogP contribution is 2.19. The van der Waals surface area contributed by atoms with Crippen LogP contribution >= 0.6 is 23.8 Å². The van der Waals surface area contributed by atoms with E-state index in [-0.39, 0.29) is 17.4 Å². The lowest BCUT2D eigenvalue weighted by Crippen LogP contribution is -2.28. The van der Waals surface area contributed by atoms with Gasteiger partial charge in [-0.15, -0.1) is 0 Å². The summed E-state index contributed by atoms with van der Waals surface area (Å²) in [5.74, 6) is -0.796. The zero-order valence-electron chi connectivity index (χ0n) is 10.3. The molecule has 0 aromatic heterocycles. The molecule has 0 bridgehead atoms. The molecule has 0 radical (unpaired) electrons. The number of nitrogens with one attached hydrogen (secondary N) is 2. The quantitative estimate of drug-likeness (QED) is 0.834. The van der Waals surface area contributed by atoms with Gasteiger partial charge in [-0.1, -0.05) is 29.8 Å². The summed E-state index contributed by atoms with van der Waals surface area (Å²) in [6.45, 7) is 0.257. The standard InChI is InChI=1S/C14H11ClF2N2S/c15-11-7-10(5-6-13(11)17)19-14(20)18-8-9-3-1-2-4-12(9)16/h1-7H,8H2,(H2,18,19,20). The number of hydrogen-bond donors (Lipinski definition) is 2. The molecule has 0 amide bonds. The van der Waals surface area contributed by atoms with Crippen molar-refractivity contribution in [3.63, 3.8) is 0 Å². The van der Waals surface area contributed by atoms with E-state index in [1.165, 1.54) is 24.3 Å². The van der Waals surface area contributed by atoms with Gasteiger partial charge in [-0.05, 0) is 36.5 Å². The molecule has 2 nitrogen and oxygen atoms in total. The minimum absolute atomic E-state index is 0.00639. The highest BCUT2D eigenvalue weighted by Gasteiger charge is 2.04. The first-order valence-electron chi connectivity index (χ1n) is 5.79. The Bertz CT molecular complexity index is 634. The summed E-state index contributed by atoms with van der Waals surface area (Å²) < 4.78 is 26.4. The number of benzene rings is 2. The second-order valence-corrected chi connectivity index (χ2v) is 4.84. The average molecular weight is 313 g/mol. The highest BCUT2D eigenvalue weighted by atomic mass is 35.5. The van der Waals surface area contributed by atoms with Crippen LogP contribution in [-0.2, 0) is 6.54 Å². The van der Waals surface area contributed by atoms with Crippen molar-refractivity contribution in [2.75, 3.05) is 5.32 Å². The molecule has 0 unspecified atom stereocenters. The molecule has 0 fully saturated rings. The van der Waals surface area contributed by atoms with E-state index in [4.69, 9.17) is 23.8 Å². The minimum Gasteiger partial charge on any atom is -0.358 e. The fraction of sp³-hybridized carbons (Fsp3) is 0.0714. The van der Waals surface area contributed by atoms with Gasteiger partial charge in [0.15, 0.2) is 5.11 Å². The maximum atomic E-state index is 13.4. The molecule has 0 aliphatic rings. The molecule has 2 aromatic rings. The molecule has 0 heterocycles. The molecular weight excluding hydrogens is 302 g/mol. The van der Waals surface area contributed by atoms with Crippen molar-refractivity contribution < 1.29 is 8.78 Å². The Morgan fingerprint density at radius 1 is 1.10 bits per heavy atom. The Hall–Kier alpha value is -1.72. The number of hydrogen-bond acceptors (Lipinski definition) is 1. The van der Waals surface area contributed by atoms with Crippen LogP contribution in [0.25, 0.3) is 0 Å². The van der Waals surface area contributed by atoms with Crippen molar-refractivity contribution in [3.05, 3.63) is 64.7 Å². The van der Waals surface area contributed by atoms with Crippen LogP contribution in [0.5, 0.6) is 0 Å². The smallest absolute Gasteiger partial charge is 0.171 e. The third-order valence-electron chi connectivity index (χ3n) is 2.57. The Kier molecular flexibility index (Phi) is 4.87. The lowest BCUT2D eigenvalue weighted by atomic mass is 10.2. The summed E-state index contributed by atoms with van der Waals surface area (Å²) >= 11 is 10.7. The molecule has 0 saturated carbocycles. The van der Waals surface area contributed by atoms with Gasteiger partial charge in [0.1, 0.15) is 11.6 Å². The van der Waals surface area contributed by atoms with Crippen LogP contribution < -0.4 is 10.6 Å². The first kappa shape index (κ1) is 14.7. The van der Waals surface area contributed by atoms with Gasteiger partial charge >= 0.3 is 0 Å². The SMILES string of the molecule is Fc1ccc(NC(=S)NCc2ccccc2F)cc1Cl. The van der Waals surface area contributed by atoms with Crippen molar-refractivity contribution in [2.24, 2.45) is 0 Å². The largest absolute Gasteiger partial charge is 0.358 e. The van der Waals surface area contributed by atoms with Crippen LogP contribution in [0.2, 0.25) is 5.02 Å². The Morgan fingerprint density at radius 2 is 1.85 bits per heavy atom. The molecule has 0 aliphatic carbocycles. The van der Waals surface area contributed by atoms with Crippen molar-refractivity contribution >= 4 is 34.6 Å². The molecule has 0 saturated heterocycles. The van der Waals surface area contributed by atoms with Crippen LogP contribution in [0.3, 0.4) is 0 Å². The molecule has 20 heavy (non-hydrogen) atoms. The normalized spacial score (nSPS) is 10.2. The monoisotopic (exact) mass is 312 g/mol. The molecule has 6 heteroatoms. The molecule has 2 N–H and O–H groups in total. The molecule has 0 spiro atoms. The fourth-order valence-corrected chi connectivity index (χ4v) is 1.94. The Labute approximate surface area is 125 Å². The summed E-state index contributed by atoms with van der Waals surface area (Å²) in [5.41, 5.74) is 1.07. The summed E-state index contributed by atoms with van der Waals surface area (Å²) in [5, 5.41) is 6.02. The topological polar surface area (TPSA) is 24.1 Å². The van der Waals surface area contributed by atoms with Crippen LogP contribution in [-0.4, -0.2) is 5.11 Å². The molecular formula is C14H11ClF2N2S. The zero-order valence-corrected chi connectivity index (χ0v) is 11.9. The van der Waals surface area contributed by atoms with E-state index in [2.05, 4.69) is 10.6 Å². The molecule has 104 valence electrons. The maximum Gasteiger partial charge on any atom is 0.171 e. The van der Waals surface area contributed by atoms with Gasteiger partial charge < -0.3 is 10.6 Å². The van der Waals surface area contributed by atoms with Crippen LogP contribution in [0.15, 0.2) is 42.5 Å². The van der Waals surface area contributed by atoms with E-state index in [1.807, 2.05) is 0 Å². The summed E-state index contributed by atoms with van der Waals surface area (Å²) in [6, 6.07) is 10.6. The molecule has 0 atom stereocenters. The van der Waals surface area contributed by atoms with Gasteiger partial charge in [0, 0.05) is 17.8 Å². The number of halogens is 3. The van der Waals surface area contributed by atoms with Crippen molar-refractivity contribution in [1.82, 2.24) is 5.32 Å². The van der Waals surface area contributed by atoms with Gasteiger partial charge in [0.2, 0.25) is 0 Å². The van der Waals surface area contributed by atoms with Crippen LogP contribution in [0.4, 0.5) is 14.5 Å². The van der Waals surface area contributed by atoms with E-state index in [1.54, 1.807) is 18.2 Å². The van der Waals surface area contributed by atoms with Crippen molar-refractivity contribution in [3.8, 4) is 0 Å². The molecule has 2 rings (SSSR count). The predicted molar refractivity (Wildman–Crippen MR) is 80.9 cm³/mol. The second-order valence-electron chi connectivity index (χ2n) is 4.03. The third kappa shape index (κ3) is 3.88. The van der Waals surface area contributed by atoms with Gasteiger partial charge in [-0.3, -0.25) is 0 Å². The van der Waals surface area contributed by atoms with Gasteiger partial charge in [-0.25, -0.2) is 8.78 Å². The lowest BCUT2D eigenvalue weighted by molar-refractivity contribution is 0.606. The van der Waals surface area contributed by atoms with E-state index in [9.17, 15) is 8.78 Å². The average Bonchev–Trinajstić information content (AvgIpc) is 2.42. The summed E-state index contributed by atoms with van der Waals surface area (Å²) in [4.78, 5) is 0. The highest BCUT2D eigenvalue weighted by molar-refractivity contribution is 7.80. The van der Waals surface area contributed by atoms with E-state index in [0.29, 0.717) is 16.4 Å². The van der Waals surface area contributed by atoms with E-state index < -0.39 is 5.82 Å². The second kappa shape index (κ2) is 6.63. The van der Waals surface area contributed by atoms with Crippen LogP contribution in [0, 0.1) is 11.6 Å². The maximum absolute atomic E-state index is 13.4. The molecule has 2 aromatic carbocycles. The van der Waals surface area contributed by atoms with Crippen LogP contribution in [0.1, 0.15) is 5.56 Å². The fourth-order valence-electron chi connectivity index (χ4n) is 1.57. The van der Waals surface area contributed by atoms with E-state index >= 15 is 0 Å². The van der Waals surface area contributed by atoms with Gasteiger partial charge in [0.05, 0.1) is 5.02 Å². The number of thiocarbonyl (C=S) groups is 1. The first-order chi connectivity index (χ1) is 9.56. The van der Waals surface area contributed by atoms with Gasteiger partial charge in [0.25, 0.3) is 0 Å².